The number of Topliss-reactive ketones (excluding diaryl/α,β-unsaturated/α-hetero) is 1. The number of ketones is 1. The number of likely N-dealkylation sites (N-methyl/N-ethyl adjacent to an activating group) is 2. The minimum absolute atomic E-state index is 0.0302. The van der Waals surface area contributed by atoms with E-state index in [1.807, 2.05) is 60.5 Å². The van der Waals surface area contributed by atoms with E-state index in [0.717, 1.165) is 6.42 Å². The van der Waals surface area contributed by atoms with Gasteiger partial charge in [-0.3, -0.25) is 19.3 Å². The molecular formula is C20H39N3O3. The molecule has 0 bridgehead atoms. The molecule has 0 rings (SSSR count). The number of nitrogens with one attached hydrogen (secondary N) is 1. The fourth-order valence-electron chi connectivity index (χ4n) is 3.52. The van der Waals surface area contributed by atoms with Crippen molar-refractivity contribution in [2.75, 3.05) is 21.1 Å². The van der Waals surface area contributed by atoms with Crippen molar-refractivity contribution in [3.8, 4) is 0 Å². The van der Waals surface area contributed by atoms with Gasteiger partial charge in [0.05, 0.1) is 12.1 Å². The molecule has 4 unspecified atom stereocenters. The molecule has 152 valence electrons. The maximum absolute atomic E-state index is 13.1. The molecule has 4 atom stereocenters. The predicted octanol–water partition coefficient (Wildman–Crippen LogP) is 2.18. The Morgan fingerprint density at radius 1 is 0.885 bits per heavy atom. The van der Waals surface area contributed by atoms with Crippen molar-refractivity contribution in [3.05, 3.63) is 0 Å². The maximum Gasteiger partial charge on any atom is 0.245 e. The number of hydrogen-bond acceptors (Lipinski definition) is 4. The molecule has 0 fully saturated rings. The third-order valence-corrected chi connectivity index (χ3v) is 5.05. The number of hydrogen-bond donors (Lipinski definition) is 1. The standard InChI is InChI=1S/C20H39N3O3/c1-11-14(6)18(15(7)24)23(10)20(26)16(12(2)3)21-19(25)17(13(4)5)22(8)9/h12-14,16-18H,11H2,1-10H3,(H,21,25). The molecule has 0 saturated heterocycles. The first-order valence-electron chi connectivity index (χ1n) is 9.60. The SMILES string of the molecule is CCC(C)C(C(C)=O)N(C)C(=O)C(NC(=O)C(C(C)C)N(C)C)C(C)C. The first-order valence-corrected chi connectivity index (χ1v) is 9.60. The fourth-order valence-corrected chi connectivity index (χ4v) is 3.52. The van der Waals surface area contributed by atoms with Gasteiger partial charge in [-0.2, -0.15) is 0 Å². The average molecular weight is 370 g/mol. The Balaban J connectivity index is 5.51. The number of rotatable bonds is 10. The van der Waals surface area contributed by atoms with Crippen LogP contribution in [0, 0.1) is 17.8 Å². The molecule has 0 aliphatic rings. The third kappa shape index (κ3) is 6.38. The van der Waals surface area contributed by atoms with E-state index in [1.165, 1.54) is 11.8 Å². The van der Waals surface area contributed by atoms with Gasteiger partial charge < -0.3 is 10.2 Å². The lowest BCUT2D eigenvalue weighted by Crippen LogP contribution is -2.58. The summed E-state index contributed by atoms with van der Waals surface area (Å²) in [6, 6.07) is -1.44. The highest BCUT2D eigenvalue weighted by molar-refractivity contribution is 5.93. The van der Waals surface area contributed by atoms with Crippen molar-refractivity contribution >= 4 is 17.6 Å². The molecule has 0 aliphatic carbocycles. The normalized spacial score (nSPS) is 16.3. The van der Waals surface area contributed by atoms with E-state index in [4.69, 9.17) is 0 Å². The van der Waals surface area contributed by atoms with Gasteiger partial charge in [0.2, 0.25) is 11.8 Å². The van der Waals surface area contributed by atoms with Gasteiger partial charge in [-0.1, -0.05) is 48.0 Å². The van der Waals surface area contributed by atoms with E-state index in [2.05, 4.69) is 5.32 Å². The van der Waals surface area contributed by atoms with Crippen LogP contribution in [0.3, 0.4) is 0 Å². The third-order valence-electron chi connectivity index (χ3n) is 5.05. The van der Waals surface area contributed by atoms with Crippen LogP contribution in [0.5, 0.6) is 0 Å². The first kappa shape index (κ1) is 24.6. The van der Waals surface area contributed by atoms with Crippen LogP contribution in [0.1, 0.15) is 54.9 Å². The van der Waals surface area contributed by atoms with Gasteiger partial charge in [-0.15, -0.1) is 0 Å². The Hall–Kier alpha value is -1.43. The van der Waals surface area contributed by atoms with Crippen molar-refractivity contribution in [1.29, 1.82) is 0 Å². The summed E-state index contributed by atoms with van der Waals surface area (Å²) in [5.41, 5.74) is 0. The van der Waals surface area contributed by atoms with E-state index in [1.54, 1.807) is 7.05 Å². The topological polar surface area (TPSA) is 69.7 Å². The van der Waals surface area contributed by atoms with Crippen LogP contribution in [-0.2, 0) is 14.4 Å². The summed E-state index contributed by atoms with van der Waals surface area (Å²) in [6.45, 7) is 13.3. The Morgan fingerprint density at radius 2 is 1.38 bits per heavy atom. The van der Waals surface area contributed by atoms with Gasteiger partial charge in [-0.05, 0) is 38.8 Å². The Kier molecular flexibility index (Phi) is 10.1. The fraction of sp³-hybridized carbons (Fsp3) is 0.850. The highest BCUT2D eigenvalue weighted by Crippen LogP contribution is 2.18. The lowest BCUT2D eigenvalue weighted by Gasteiger charge is -2.35. The Morgan fingerprint density at radius 3 is 1.69 bits per heavy atom. The minimum Gasteiger partial charge on any atom is -0.343 e. The molecule has 0 aliphatic heterocycles. The molecule has 6 nitrogen and oxygen atoms in total. The lowest BCUT2D eigenvalue weighted by molar-refractivity contribution is -0.144. The highest BCUT2D eigenvalue weighted by atomic mass is 16.2. The molecule has 0 radical (unpaired) electrons. The van der Waals surface area contributed by atoms with Gasteiger partial charge in [0.1, 0.15) is 6.04 Å². The largest absolute Gasteiger partial charge is 0.343 e. The zero-order valence-corrected chi connectivity index (χ0v) is 18.3. The zero-order chi connectivity index (χ0) is 20.8. The van der Waals surface area contributed by atoms with E-state index in [0.29, 0.717) is 0 Å². The van der Waals surface area contributed by atoms with Crippen LogP contribution in [-0.4, -0.2) is 66.7 Å². The second-order valence-corrected chi connectivity index (χ2v) is 8.27. The molecule has 1 N–H and O–H groups in total. The summed E-state index contributed by atoms with van der Waals surface area (Å²) < 4.78 is 0. The molecule has 0 spiro atoms. The second-order valence-electron chi connectivity index (χ2n) is 8.27. The van der Waals surface area contributed by atoms with Crippen LogP contribution in [0.25, 0.3) is 0 Å². The second kappa shape index (κ2) is 10.7. The van der Waals surface area contributed by atoms with Crippen molar-refractivity contribution < 1.29 is 14.4 Å². The number of carbonyl (C=O) groups excluding carboxylic acids is 3. The number of nitrogens with zero attached hydrogens (tertiary/aromatic N) is 2. The molecular weight excluding hydrogens is 330 g/mol. The Labute approximate surface area is 159 Å². The van der Waals surface area contributed by atoms with Gasteiger partial charge in [0, 0.05) is 7.05 Å². The van der Waals surface area contributed by atoms with E-state index >= 15 is 0 Å². The van der Waals surface area contributed by atoms with Crippen LogP contribution in [0.2, 0.25) is 0 Å². The first-order chi connectivity index (χ1) is 11.9. The number of amides is 2. The highest BCUT2D eigenvalue weighted by Gasteiger charge is 2.36. The van der Waals surface area contributed by atoms with Gasteiger partial charge in [0.25, 0.3) is 0 Å². The maximum atomic E-state index is 13.1. The van der Waals surface area contributed by atoms with Crippen LogP contribution < -0.4 is 5.32 Å². The van der Waals surface area contributed by atoms with Crippen molar-refractivity contribution in [2.45, 2.75) is 73.0 Å². The molecule has 26 heavy (non-hydrogen) atoms. The smallest absolute Gasteiger partial charge is 0.245 e. The zero-order valence-electron chi connectivity index (χ0n) is 18.3. The number of carbonyl (C=O) groups is 3. The Bertz CT molecular complexity index is 481. The summed E-state index contributed by atoms with van der Waals surface area (Å²) in [4.78, 5) is 41.3. The minimum atomic E-state index is -0.653. The molecule has 0 aromatic rings. The quantitative estimate of drug-likeness (QED) is 0.641. The van der Waals surface area contributed by atoms with Gasteiger partial charge in [0.15, 0.2) is 5.78 Å². The molecule has 0 aromatic carbocycles. The van der Waals surface area contributed by atoms with E-state index in [9.17, 15) is 14.4 Å². The van der Waals surface area contributed by atoms with Crippen molar-refractivity contribution in [1.82, 2.24) is 15.1 Å². The van der Waals surface area contributed by atoms with Crippen molar-refractivity contribution in [3.63, 3.8) is 0 Å². The van der Waals surface area contributed by atoms with E-state index in [-0.39, 0.29) is 41.4 Å². The van der Waals surface area contributed by atoms with Crippen LogP contribution in [0.4, 0.5) is 0 Å². The van der Waals surface area contributed by atoms with Crippen LogP contribution in [0.15, 0.2) is 0 Å². The predicted molar refractivity (Wildman–Crippen MR) is 106 cm³/mol. The molecule has 2 amide bonds. The summed E-state index contributed by atoms with van der Waals surface area (Å²) in [7, 11) is 5.38. The molecule has 0 aromatic heterocycles. The molecule has 6 heteroatoms. The lowest BCUT2D eigenvalue weighted by atomic mass is 9.93. The molecule has 0 saturated carbocycles. The monoisotopic (exact) mass is 369 g/mol. The van der Waals surface area contributed by atoms with E-state index < -0.39 is 12.1 Å². The van der Waals surface area contributed by atoms with Gasteiger partial charge >= 0.3 is 0 Å². The molecule has 0 heterocycles. The average Bonchev–Trinajstić information content (AvgIpc) is 2.50. The van der Waals surface area contributed by atoms with Crippen LogP contribution >= 0.6 is 0 Å². The summed E-state index contributed by atoms with van der Waals surface area (Å²) in [6.07, 6.45) is 0.802. The van der Waals surface area contributed by atoms with Crippen molar-refractivity contribution in [2.24, 2.45) is 17.8 Å². The van der Waals surface area contributed by atoms with Gasteiger partial charge in [-0.25, -0.2) is 0 Å². The summed E-state index contributed by atoms with van der Waals surface area (Å²) >= 11 is 0. The summed E-state index contributed by atoms with van der Waals surface area (Å²) in [5, 5.41) is 2.93. The summed E-state index contributed by atoms with van der Waals surface area (Å²) in [5.74, 6) is -0.292.